The van der Waals surface area contributed by atoms with Crippen LogP contribution in [0.3, 0.4) is 0 Å². The van der Waals surface area contributed by atoms with Gasteiger partial charge in [-0.05, 0) is 36.8 Å². The number of imidazole rings is 1. The molecule has 1 unspecified atom stereocenters. The fourth-order valence-electron chi connectivity index (χ4n) is 2.61. The van der Waals surface area contributed by atoms with Crippen molar-refractivity contribution in [2.75, 3.05) is 5.75 Å². The molecule has 1 saturated carbocycles. The van der Waals surface area contributed by atoms with Crippen molar-refractivity contribution in [3.8, 4) is 0 Å². The van der Waals surface area contributed by atoms with E-state index in [0.717, 1.165) is 28.7 Å². The molecule has 21 heavy (non-hydrogen) atoms. The van der Waals surface area contributed by atoms with Gasteiger partial charge in [0.25, 0.3) is 0 Å². The Kier molecular flexibility index (Phi) is 4.13. The van der Waals surface area contributed by atoms with Crippen LogP contribution in [-0.2, 0) is 11.3 Å². The minimum atomic E-state index is -0.833. The number of carboxylic acids is 1. The van der Waals surface area contributed by atoms with E-state index in [4.69, 9.17) is 16.7 Å². The third kappa shape index (κ3) is 3.19. The van der Waals surface area contributed by atoms with Crippen molar-refractivity contribution in [1.29, 1.82) is 0 Å². The average molecular weight is 325 g/mol. The second-order valence-electron chi connectivity index (χ2n) is 5.61. The molecule has 2 aromatic rings. The Labute approximate surface area is 132 Å². The van der Waals surface area contributed by atoms with Crippen molar-refractivity contribution >= 4 is 40.4 Å². The topological polar surface area (TPSA) is 55.1 Å². The van der Waals surface area contributed by atoms with Crippen molar-refractivity contribution in [2.24, 2.45) is 11.8 Å². The van der Waals surface area contributed by atoms with Gasteiger partial charge in [0, 0.05) is 6.54 Å². The molecule has 0 bridgehead atoms. The summed E-state index contributed by atoms with van der Waals surface area (Å²) in [5.41, 5.74) is 1.75. The molecular weight excluding hydrogens is 308 g/mol. The SMILES string of the molecule is CC(Cn1c(SCC(=O)O)nc2c(Cl)cccc21)C1CC1. The fraction of sp³-hybridized carbons (Fsp3) is 0.467. The number of thioether (sulfide) groups is 1. The molecule has 0 saturated heterocycles. The Bertz CT molecular complexity index is 682. The summed E-state index contributed by atoms with van der Waals surface area (Å²) in [6, 6.07) is 5.73. The number of nitrogens with zero attached hydrogens (tertiary/aromatic N) is 2. The molecule has 4 nitrogen and oxygen atoms in total. The molecule has 0 aliphatic heterocycles. The van der Waals surface area contributed by atoms with Gasteiger partial charge in [-0.1, -0.05) is 36.4 Å². The molecule has 1 N–H and O–H groups in total. The van der Waals surface area contributed by atoms with Crippen LogP contribution in [0.1, 0.15) is 19.8 Å². The maximum absolute atomic E-state index is 10.8. The number of carbonyl (C=O) groups is 1. The smallest absolute Gasteiger partial charge is 0.313 e. The van der Waals surface area contributed by atoms with Gasteiger partial charge in [-0.15, -0.1) is 0 Å². The zero-order valence-corrected chi connectivity index (χ0v) is 13.3. The number of carboxylic acid groups (broad SMARTS) is 1. The predicted octanol–water partition coefficient (Wildman–Crippen LogP) is 3.91. The van der Waals surface area contributed by atoms with Crippen LogP contribution < -0.4 is 0 Å². The van der Waals surface area contributed by atoms with E-state index in [1.54, 1.807) is 0 Å². The van der Waals surface area contributed by atoms with Crippen LogP contribution in [0.4, 0.5) is 0 Å². The fourth-order valence-corrected chi connectivity index (χ4v) is 3.56. The Hall–Kier alpha value is -1.20. The van der Waals surface area contributed by atoms with E-state index in [2.05, 4.69) is 16.5 Å². The Morgan fingerprint density at radius 2 is 2.33 bits per heavy atom. The van der Waals surface area contributed by atoms with Crippen molar-refractivity contribution < 1.29 is 9.90 Å². The quantitative estimate of drug-likeness (QED) is 0.818. The van der Waals surface area contributed by atoms with Crippen molar-refractivity contribution in [3.05, 3.63) is 23.2 Å². The summed E-state index contributed by atoms with van der Waals surface area (Å²) in [7, 11) is 0. The van der Waals surface area contributed by atoms with Gasteiger partial charge in [0.2, 0.25) is 0 Å². The number of aliphatic carboxylic acids is 1. The first kappa shape index (κ1) is 14.7. The molecule has 112 valence electrons. The summed E-state index contributed by atoms with van der Waals surface area (Å²) in [5.74, 6) is 0.545. The second-order valence-corrected chi connectivity index (χ2v) is 6.96. The number of fused-ring (bicyclic) bond motifs is 1. The molecule has 0 amide bonds. The van der Waals surface area contributed by atoms with E-state index in [-0.39, 0.29) is 5.75 Å². The summed E-state index contributed by atoms with van der Waals surface area (Å²) in [4.78, 5) is 15.4. The molecule has 0 radical (unpaired) electrons. The van der Waals surface area contributed by atoms with E-state index in [9.17, 15) is 4.79 Å². The van der Waals surface area contributed by atoms with E-state index in [1.807, 2.05) is 18.2 Å². The van der Waals surface area contributed by atoms with Gasteiger partial charge in [0.15, 0.2) is 5.16 Å². The van der Waals surface area contributed by atoms with E-state index < -0.39 is 5.97 Å². The highest BCUT2D eigenvalue weighted by molar-refractivity contribution is 7.99. The Balaban J connectivity index is 1.97. The van der Waals surface area contributed by atoms with Crippen LogP contribution >= 0.6 is 23.4 Å². The largest absolute Gasteiger partial charge is 0.481 e. The van der Waals surface area contributed by atoms with E-state index >= 15 is 0 Å². The van der Waals surface area contributed by atoms with Gasteiger partial charge in [0.05, 0.1) is 16.3 Å². The van der Waals surface area contributed by atoms with E-state index in [1.165, 1.54) is 24.6 Å². The van der Waals surface area contributed by atoms with Crippen LogP contribution in [-0.4, -0.2) is 26.4 Å². The summed E-state index contributed by atoms with van der Waals surface area (Å²) in [6.07, 6.45) is 2.60. The van der Waals surface area contributed by atoms with Crippen molar-refractivity contribution in [1.82, 2.24) is 9.55 Å². The third-order valence-electron chi connectivity index (χ3n) is 3.92. The predicted molar refractivity (Wildman–Crippen MR) is 85.0 cm³/mol. The summed E-state index contributed by atoms with van der Waals surface area (Å²) >= 11 is 7.47. The van der Waals surface area contributed by atoms with E-state index in [0.29, 0.717) is 10.9 Å². The lowest BCUT2D eigenvalue weighted by Crippen LogP contribution is -2.11. The molecule has 6 heteroatoms. The molecule has 1 fully saturated rings. The highest BCUT2D eigenvalue weighted by atomic mass is 35.5. The molecule has 0 spiro atoms. The first-order chi connectivity index (χ1) is 10.1. The van der Waals surface area contributed by atoms with Gasteiger partial charge in [-0.2, -0.15) is 0 Å². The van der Waals surface area contributed by atoms with Gasteiger partial charge in [0.1, 0.15) is 5.52 Å². The average Bonchev–Trinajstić information content (AvgIpc) is 3.22. The molecule has 1 aliphatic rings. The molecule has 1 aliphatic carbocycles. The molecule has 1 atom stereocenters. The van der Waals surface area contributed by atoms with Gasteiger partial charge >= 0.3 is 5.97 Å². The highest BCUT2D eigenvalue weighted by Gasteiger charge is 2.29. The van der Waals surface area contributed by atoms with Crippen LogP contribution in [0.25, 0.3) is 11.0 Å². The van der Waals surface area contributed by atoms with Crippen molar-refractivity contribution in [3.63, 3.8) is 0 Å². The van der Waals surface area contributed by atoms with Crippen molar-refractivity contribution in [2.45, 2.75) is 31.5 Å². The maximum Gasteiger partial charge on any atom is 0.313 e. The third-order valence-corrected chi connectivity index (χ3v) is 5.18. The minimum absolute atomic E-state index is 0.0126. The minimum Gasteiger partial charge on any atom is -0.481 e. The van der Waals surface area contributed by atoms with Crippen LogP contribution in [0.15, 0.2) is 23.4 Å². The number of halogens is 1. The second kappa shape index (κ2) is 5.89. The van der Waals surface area contributed by atoms with Crippen LogP contribution in [0, 0.1) is 11.8 Å². The molecule has 3 rings (SSSR count). The Morgan fingerprint density at radius 3 is 3.00 bits per heavy atom. The van der Waals surface area contributed by atoms with Gasteiger partial charge < -0.3 is 9.67 Å². The monoisotopic (exact) mass is 324 g/mol. The maximum atomic E-state index is 10.8. The first-order valence-electron chi connectivity index (χ1n) is 7.05. The highest BCUT2D eigenvalue weighted by Crippen LogP contribution is 2.39. The first-order valence-corrected chi connectivity index (χ1v) is 8.42. The molecule has 1 aromatic heterocycles. The van der Waals surface area contributed by atoms with Crippen LogP contribution in [0.5, 0.6) is 0 Å². The molecular formula is C15H17ClN2O2S. The number of aromatic nitrogens is 2. The van der Waals surface area contributed by atoms with Crippen LogP contribution in [0.2, 0.25) is 5.02 Å². The number of hydrogen-bond donors (Lipinski definition) is 1. The number of benzene rings is 1. The number of para-hydroxylation sites is 1. The number of rotatable bonds is 6. The normalized spacial score (nSPS) is 16.3. The lowest BCUT2D eigenvalue weighted by Gasteiger charge is -2.14. The summed E-state index contributed by atoms with van der Waals surface area (Å²) in [6.45, 7) is 3.11. The number of hydrogen-bond acceptors (Lipinski definition) is 3. The standard InChI is InChI=1S/C15H17ClN2O2S/c1-9(10-5-6-10)7-18-12-4-2-3-11(16)14(12)17-15(18)21-8-13(19)20/h2-4,9-10H,5-8H2,1H3,(H,19,20). The lowest BCUT2D eigenvalue weighted by molar-refractivity contribution is -0.133. The summed E-state index contributed by atoms with van der Waals surface area (Å²) < 4.78 is 2.12. The van der Waals surface area contributed by atoms with Gasteiger partial charge in [-0.3, -0.25) is 4.79 Å². The summed E-state index contributed by atoms with van der Waals surface area (Å²) in [5, 5.41) is 10.2. The molecule has 1 heterocycles. The zero-order chi connectivity index (χ0) is 15.0. The molecule has 1 aromatic carbocycles. The van der Waals surface area contributed by atoms with Gasteiger partial charge in [-0.25, -0.2) is 4.98 Å². The zero-order valence-electron chi connectivity index (χ0n) is 11.8. The Morgan fingerprint density at radius 1 is 1.57 bits per heavy atom. The lowest BCUT2D eigenvalue weighted by atomic mass is 10.1.